The molecule has 1 aromatic heterocycles. The highest BCUT2D eigenvalue weighted by atomic mass is 32.2. The normalized spacial score (nSPS) is 18.5. The van der Waals surface area contributed by atoms with E-state index in [9.17, 15) is 34.1 Å². The van der Waals surface area contributed by atoms with Gasteiger partial charge in [-0.15, -0.1) is 0 Å². The SMILES string of the molecule is CCOC(=O)c1ccc(NC(=O)COc2ccccc2C2c3sc(=O)[nH]c3SC3C(=O)N(c4ccc([N+](=O)[O-])cc4)C(=O)C32)cc1. The number of nitro groups is 1. The van der Waals surface area contributed by atoms with Gasteiger partial charge in [-0.25, -0.2) is 9.69 Å². The van der Waals surface area contributed by atoms with Crippen molar-refractivity contribution in [1.29, 1.82) is 0 Å². The maximum Gasteiger partial charge on any atom is 0.338 e. The Kier molecular flexibility index (Phi) is 8.42. The van der Waals surface area contributed by atoms with E-state index in [1.807, 2.05) is 0 Å². The van der Waals surface area contributed by atoms with Gasteiger partial charge in [-0.05, 0) is 49.4 Å². The largest absolute Gasteiger partial charge is 0.483 e. The van der Waals surface area contributed by atoms with Crippen LogP contribution >= 0.6 is 23.1 Å². The van der Waals surface area contributed by atoms with Crippen LogP contribution in [-0.4, -0.2) is 52.1 Å². The van der Waals surface area contributed by atoms with Crippen LogP contribution in [0.3, 0.4) is 0 Å². The number of rotatable bonds is 9. The number of thioether (sulfide) groups is 1. The second kappa shape index (κ2) is 12.6. The number of hydrogen-bond acceptors (Lipinski definition) is 11. The molecule has 0 spiro atoms. The van der Waals surface area contributed by atoms with Crippen LogP contribution in [0.4, 0.5) is 17.1 Å². The smallest absolute Gasteiger partial charge is 0.338 e. The zero-order valence-electron chi connectivity index (χ0n) is 24.0. The van der Waals surface area contributed by atoms with Crippen molar-refractivity contribution in [2.75, 3.05) is 23.4 Å². The molecule has 3 unspecified atom stereocenters. The number of carbonyl (C=O) groups is 4. The van der Waals surface area contributed by atoms with E-state index in [1.54, 1.807) is 43.3 Å². The molecule has 6 rings (SSSR count). The molecule has 13 nitrogen and oxygen atoms in total. The molecule has 0 saturated carbocycles. The fraction of sp³-hybridized carbons (Fsp3) is 0.194. The molecule has 2 aliphatic rings. The van der Waals surface area contributed by atoms with Crippen LogP contribution in [0, 0.1) is 16.0 Å². The van der Waals surface area contributed by atoms with Gasteiger partial charge in [-0.1, -0.05) is 41.3 Å². The lowest BCUT2D eigenvalue weighted by atomic mass is 9.82. The van der Waals surface area contributed by atoms with Crippen molar-refractivity contribution in [1.82, 2.24) is 4.98 Å². The van der Waals surface area contributed by atoms with Crippen LogP contribution in [0.25, 0.3) is 0 Å². The average molecular weight is 661 g/mol. The topological polar surface area (TPSA) is 178 Å². The zero-order valence-corrected chi connectivity index (χ0v) is 25.6. The summed E-state index contributed by atoms with van der Waals surface area (Å²) in [5, 5.41) is 13.4. The van der Waals surface area contributed by atoms with E-state index < -0.39 is 52.3 Å². The summed E-state index contributed by atoms with van der Waals surface area (Å²) < 4.78 is 10.9. The van der Waals surface area contributed by atoms with Crippen LogP contribution in [0.2, 0.25) is 0 Å². The third-order valence-electron chi connectivity index (χ3n) is 7.44. The van der Waals surface area contributed by atoms with E-state index in [0.29, 0.717) is 26.7 Å². The molecule has 0 radical (unpaired) electrons. The minimum absolute atomic E-state index is 0.184. The molecule has 1 fully saturated rings. The molecule has 46 heavy (non-hydrogen) atoms. The number of aromatic nitrogens is 1. The molecular weight excluding hydrogens is 636 g/mol. The highest BCUT2D eigenvalue weighted by Crippen LogP contribution is 2.54. The monoisotopic (exact) mass is 660 g/mol. The first kappa shape index (κ1) is 30.7. The first-order valence-corrected chi connectivity index (χ1v) is 15.7. The molecular formula is C31H24N4O9S2. The maximum absolute atomic E-state index is 14.0. The van der Waals surface area contributed by atoms with E-state index in [0.717, 1.165) is 28.0 Å². The number of carbonyl (C=O) groups excluding carboxylic acids is 4. The highest BCUT2D eigenvalue weighted by molar-refractivity contribution is 8.00. The van der Waals surface area contributed by atoms with Crippen molar-refractivity contribution in [2.45, 2.75) is 23.1 Å². The number of thiazole rings is 1. The van der Waals surface area contributed by atoms with Crippen LogP contribution in [-0.2, 0) is 19.1 Å². The van der Waals surface area contributed by atoms with Crippen LogP contribution < -0.4 is 19.8 Å². The lowest BCUT2D eigenvalue weighted by molar-refractivity contribution is -0.384. The van der Waals surface area contributed by atoms with Gasteiger partial charge >= 0.3 is 10.8 Å². The molecule has 3 heterocycles. The molecule has 1 saturated heterocycles. The van der Waals surface area contributed by atoms with Gasteiger partial charge in [0.2, 0.25) is 11.8 Å². The quantitative estimate of drug-likeness (QED) is 0.114. The lowest BCUT2D eigenvalue weighted by Crippen LogP contribution is -2.32. The van der Waals surface area contributed by atoms with E-state index >= 15 is 0 Å². The fourth-order valence-corrected chi connectivity index (χ4v) is 7.95. The van der Waals surface area contributed by atoms with Gasteiger partial charge in [0.05, 0.1) is 33.7 Å². The zero-order chi connectivity index (χ0) is 32.5. The van der Waals surface area contributed by atoms with Gasteiger partial charge < -0.3 is 19.8 Å². The first-order valence-electron chi connectivity index (χ1n) is 14.0. The number of nitrogens with one attached hydrogen (secondary N) is 2. The number of esters is 1. The molecule has 2 N–H and O–H groups in total. The predicted octanol–water partition coefficient (Wildman–Crippen LogP) is 4.33. The van der Waals surface area contributed by atoms with Crippen molar-refractivity contribution < 1.29 is 33.6 Å². The van der Waals surface area contributed by atoms with Gasteiger partial charge in [-0.2, -0.15) is 0 Å². The molecule has 0 bridgehead atoms. The lowest BCUT2D eigenvalue weighted by Gasteiger charge is -2.30. The van der Waals surface area contributed by atoms with Gasteiger partial charge in [0.25, 0.3) is 11.6 Å². The number of amides is 3. The minimum atomic E-state index is -0.928. The number of nitrogens with zero attached hydrogens (tertiary/aromatic N) is 2. The summed E-state index contributed by atoms with van der Waals surface area (Å²) in [6.07, 6.45) is 0. The van der Waals surface area contributed by atoms with Gasteiger partial charge in [-0.3, -0.25) is 29.3 Å². The van der Waals surface area contributed by atoms with E-state index in [-0.39, 0.29) is 28.6 Å². The van der Waals surface area contributed by atoms with Crippen molar-refractivity contribution in [3.63, 3.8) is 0 Å². The van der Waals surface area contributed by atoms with E-state index in [4.69, 9.17) is 9.47 Å². The number of aromatic amines is 1. The molecule has 3 amide bonds. The van der Waals surface area contributed by atoms with Crippen LogP contribution in [0.15, 0.2) is 82.6 Å². The Hall–Kier alpha value is -5.28. The van der Waals surface area contributed by atoms with Gasteiger partial charge in [0.1, 0.15) is 11.0 Å². The van der Waals surface area contributed by atoms with Crippen molar-refractivity contribution in [3.8, 4) is 5.75 Å². The van der Waals surface area contributed by atoms with Gasteiger partial charge in [0, 0.05) is 34.2 Å². The fourth-order valence-electron chi connectivity index (χ4n) is 5.44. The molecule has 0 aliphatic carbocycles. The molecule has 3 aromatic carbocycles. The summed E-state index contributed by atoms with van der Waals surface area (Å²) in [6, 6.07) is 18.1. The number of nitro benzene ring substituents is 1. The Bertz CT molecular complexity index is 1920. The Labute approximate surface area is 268 Å². The minimum Gasteiger partial charge on any atom is -0.483 e. The van der Waals surface area contributed by atoms with Crippen molar-refractivity contribution in [3.05, 3.63) is 109 Å². The molecule has 2 aliphatic heterocycles. The summed E-state index contributed by atoms with van der Waals surface area (Å²) >= 11 is 2.03. The van der Waals surface area contributed by atoms with Crippen molar-refractivity contribution >= 4 is 63.9 Å². The van der Waals surface area contributed by atoms with Crippen molar-refractivity contribution in [2.24, 2.45) is 5.92 Å². The summed E-state index contributed by atoms with van der Waals surface area (Å²) in [5.74, 6) is -3.40. The third-order valence-corrected chi connectivity index (χ3v) is 9.84. The summed E-state index contributed by atoms with van der Waals surface area (Å²) in [4.78, 5) is 79.4. The van der Waals surface area contributed by atoms with E-state index in [1.165, 1.54) is 36.4 Å². The average Bonchev–Trinajstić information content (AvgIpc) is 3.54. The van der Waals surface area contributed by atoms with Crippen LogP contribution in [0.1, 0.15) is 33.6 Å². The number of H-pyrrole nitrogens is 1. The standard InChI is InChI=1S/C31H24N4O9S2/c1-2-43-30(39)16-7-9-17(10-8-16)32-22(36)15-44-21-6-4-3-5-20(21)23-24-26(45-27-25(23)46-31(40)33-27)29(38)34(28(24)37)18-11-13-19(14-12-18)35(41)42/h3-14,23-24,26H,2,15H2,1H3,(H,32,36)(H,33,40). The highest BCUT2D eigenvalue weighted by Gasteiger charge is 2.56. The van der Waals surface area contributed by atoms with Gasteiger partial charge in [0.15, 0.2) is 6.61 Å². The predicted molar refractivity (Wildman–Crippen MR) is 168 cm³/mol. The second-order valence-electron chi connectivity index (χ2n) is 10.2. The number of imide groups is 1. The first-order chi connectivity index (χ1) is 22.2. The number of fused-ring (bicyclic) bond motifs is 2. The molecule has 4 aromatic rings. The number of benzene rings is 3. The number of para-hydroxylation sites is 1. The molecule has 15 heteroatoms. The Morgan fingerprint density at radius 3 is 2.41 bits per heavy atom. The summed E-state index contributed by atoms with van der Waals surface area (Å²) in [5.41, 5.74) is 1.30. The van der Waals surface area contributed by atoms with Crippen LogP contribution in [0.5, 0.6) is 5.75 Å². The molecule has 234 valence electrons. The second-order valence-corrected chi connectivity index (χ2v) is 12.4. The third kappa shape index (κ3) is 5.77. The molecule has 3 atom stereocenters. The number of anilines is 2. The number of ether oxygens (including phenoxy) is 2. The summed E-state index contributed by atoms with van der Waals surface area (Å²) in [6.45, 7) is 1.55. The van der Waals surface area contributed by atoms with E-state index in [2.05, 4.69) is 10.3 Å². The Balaban J connectivity index is 1.26. The number of hydrogen-bond donors (Lipinski definition) is 2. The maximum atomic E-state index is 14.0. The number of non-ortho nitro benzene ring substituents is 1. The Morgan fingerprint density at radius 2 is 1.72 bits per heavy atom. The Morgan fingerprint density at radius 1 is 1.00 bits per heavy atom. The summed E-state index contributed by atoms with van der Waals surface area (Å²) in [7, 11) is 0.